The summed E-state index contributed by atoms with van der Waals surface area (Å²) in [5, 5.41) is 0. The van der Waals surface area contributed by atoms with Gasteiger partial charge in [-0.05, 0) is 6.92 Å². The summed E-state index contributed by atoms with van der Waals surface area (Å²) in [4.78, 5) is 26.0. The maximum atomic E-state index is 11.0. The number of carbonyl (C=O) groups is 1. The van der Waals surface area contributed by atoms with E-state index in [1.54, 1.807) is 6.92 Å². The van der Waals surface area contributed by atoms with Crippen molar-refractivity contribution in [1.29, 1.82) is 0 Å². The van der Waals surface area contributed by atoms with Gasteiger partial charge in [0.2, 0.25) is 0 Å². The second-order valence-corrected chi connectivity index (χ2v) is 2.12. The van der Waals surface area contributed by atoms with Gasteiger partial charge in [-0.2, -0.15) is 4.99 Å². The van der Waals surface area contributed by atoms with E-state index in [2.05, 4.69) is 20.0 Å². The van der Waals surface area contributed by atoms with E-state index >= 15 is 0 Å². The van der Waals surface area contributed by atoms with Crippen molar-refractivity contribution in [1.82, 2.24) is 0 Å². The summed E-state index contributed by atoms with van der Waals surface area (Å²) in [5.41, 5.74) is 0.246. The second-order valence-electron chi connectivity index (χ2n) is 2.12. The first-order chi connectivity index (χ1) is 5.27. The fourth-order valence-corrected chi connectivity index (χ4v) is 0.871. The Balaban J connectivity index is 2.54. The van der Waals surface area contributed by atoms with Crippen molar-refractivity contribution in [2.24, 2.45) is 20.0 Å². The van der Waals surface area contributed by atoms with E-state index in [0.29, 0.717) is 11.7 Å². The van der Waals surface area contributed by atoms with Gasteiger partial charge in [0.25, 0.3) is 0 Å². The molecule has 5 nitrogen and oxygen atoms in total. The lowest BCUT2D eigenvalue weighted by Crippen LogP contribution is -2.24. The zero-order valence-corrected chi connectivity index (χ0v) is 5.77. The topological polar surface area (TPSA) is 66.5 Å². The van der Waals surface area contributed by atoms with Crippen LogP contribution >= 0.6 is 0 Å². The van der Waals surface area contributed by atoms with Crippen LogP contribution in [0.15, 0.2) is 20.0 Å². The third kappa shape index (κ3) is 0.813. The van der Waals surface area contributed by atoms with Gasteiger partial charge in [0, 0.05) is 0 Å². The van der Waals surface area contributed by atoms with Crippen LogP contribution in [0.4, 0.5) is 0 Å². The lowest BCUT2D eigenvalue weighted by Gasteiger charge is -2.01. The van der Waals surface area contributed by atoms with Gasteiger partial charge < -0.3 is 0 Å². The molecule has 0 aliphatic carbocycles. The third-order valence-corrected chi connectivity index (χ3v) is 1.31. The summed E-state index contributed by atoms with van der Waals surface area (Å²) in [6.45, 7) is 1.65. The Morgan fingerprint density at radius 2 is 2.18 bits per heavy atom. The van der Waals surface area contributed by atoms with Crippen LogP contribution in [0, 0.1) is 0 Å². The number of fused-ring (bicyclic) bond motifs is 1. The molecule has 1 amide bonds. The average Bonchev–Trinajstić information content (AvgIpc) is 2.34. The number of aliphatic imine (C=N–C) groups is 4. The molecule has 0 aromatic rings. The summed E-state index contributed by atoms with van der Waals surface area (Å²) in [6, 6.07) is 0. The monoisotopic (exact) mass is 148 g/mol. The Labute approximate surface area is 62.3 Å². The van der Waals surface area contributed by atoms with Crippen LogP contribution in [0.25, 0.3) is 0 Å². The first kappa shape index (κ1) is 6.09. The van der Waals surface area contributed by atoms with Gasteiger partial charge in [-0.15, -0.1) is 0 Å². The smallest absolute Gasteiger partial charge is 0.265 e. The summed E-state index contributed by atoms with van der Waals surface area (Å²) in [7, 11) is 0. The Morgan fingerprint density at radius 1 is 1.36 bits per heavy atom. The molecule has 5 heteroatoms. The maximum Gasteiger partial charge on any atom is 0.301 e. The van der Waals surface area contributed by atoms with Crippen LogP contribution in [0.3, 0.4) is 0 Å². The number of rotatable bonds is 0. The first-order valence-corrected chi connectivity index (χ1v) is 3.06. The van der Waals surface area contributed by atoms with Crippen LogP contribution in [-0.2, 0) is 4.79 Å². The van der Waals surface area contributed by atoms with E-state index < -0.39 is 0 Å². The SMILES string of the molecule is CC1=NC(=O)C2=NC=NC2=N1. The summed E-state index contributed by atoms with van der Waals surface area (Å²) in [5.74, 6) is 0.454. The molecule has 0 unspecified atom stereocenters. The van der Waals surface area contributed by atoms with Crippen molar-refractivity contribution in [3.8, 4) is 0 Å². The fraction of sp³-hybridized carbons (Fsp3) is 0.167. The number of amidine groups is 2. The van der Waals surface area contributed by atoms with Crippen LogP contribution in [0.2, 0.25) is 0 Å². The van der Waals surface area contributed by atoms with Crippen LogP contribution in [0.1, 0.15) is 6.92 Å². The van der Waals surface area contributed by atoms with Gasteiger partial charge in [-0.1, -0.05) is 0 Å². The summed E-state index contributed by atoms with van der Waals surface area (Å²) >= 11 is 0. The Hall–Kier alpha value is -1.65. The van der Waals surface area contributed by atoms with E-state index in [1.165, 1.54) is 6.34 Å². The number of amides is 1. The lowest BCUT2D eigenvalue weighted by atomic mass is 10.3. The lowest BCUT2D eigenvalue weighted by molar-refractivity contribution is -0.111. The van der Waals surface area contributed by atoms with E-state index in [0.717, 1.165) is 0 Å². The molecule has 0 saturated carbocycles. The molecule has 0 bridgehead atoms. The largest absolute Gasteiger partial charge is 0.301 e. The van der Waals surface area contributed by atoms with Gasteiger partial charge in [-0.3, -0.25) is 4.79 Å². The maximum absolute atomic E-state index is 11.0. The Kier molecular flexibility index (Phi) is 1.06. The van der Waals surface area contributed by atoms with E-state index in [1.807, 2.05) is 0 Å². The van der Waals surface area contributed by atoms with E-state index in [4.69, 9.17) is 0 Å². The highest BCUT2D eigenvalue weighted by Gasteiger charge is 2.23. The molecule has 0 fully saturated rings. The van der Waals surface area contributed by atoms with Gasteiger partial charge in [0.1, 0.15) is 12.2 Å². The molecular weight excluding hydrogens is 144 g/mol. The summed E-state index contributed by atoms with van der Waals surface area (Å²) in [6.07, 6.45) is 1.31. The standard InChI is InChI=1S/C6H4N4O/c1-3-9-5-4(6(11)10-3)7-2-8-5/h2H,1H3. The first-order valence-electron chi connectivity index (χ1n) is 3.06. The van der Waals surface area contributed by atoms with Crippen molar-refractivity contribution >= 4 is 29.6 Å². The summed E-state index contributed by atoms with van der Waals surface area (Å²) < 4.78 is 0. The molecule has 0 saturated heterocycles. The molecule has 2 aliphatic rings. The molecule has 0 spiro atoms. The van der Waals surface area contributed by atoms with Gasteiger partial charge >= 0.3 is 5.91 Å². The quantitative estimate of drug-likeness (QED) is 0.470. The number of carbonyl (C=O) groups excluding carboxylic acids is 1. The molecule has 0 atom stereocenters. The van der Waals surface area contributed by atoms with Crippen molar-refractivity contribution in [3.05, 3.63) is 0 Å². The number of hydrogen-bond donors (Lipinski definition) is 0. The highest BCUT2D eigenvalue weighted by Crippen LogP contribution is 2.03. The van der Waals surface area contributed by atoms with E-state index in [9.17, 15) is 4.79 Å². The fourth-order valence-electron chi connectivity index (χ4n) is 0.871. The van der Waals surface area contributed by atoms with Crippen molar-refractivity contribution < 1.29 is 4.79 Å². The molecule has 54 valence electrons. The zero-order chi connectivity index (χ0) is 7.84. The number of hydrogen-bond acceptors (Lipinski definition) is 4. The molecule has 0 aromatic carbocycles. The minimum atomic E-state index is -0.356. The van der Waals surface area contributed by atoms with Crippen molar-refractivity contribution in [3.63, 3.8) is 0 Å². The molecule has 11 heavy (non-hydrogen) atoms. The third-order valence-electron chi connectivity index (χ3n) is 1.31. The van der Waals surface area contributed by atoms with Gasteiger partial charge in [0.05, 0.1) is 0 Å². The van der Waals surface area contributed by atoms with Crippen LogP contribution in [0.5, 0.6) is 0 Å². The molecular formula is C6H4N4O. The predicted octanol–water partition coefficient (Wildman–Crippen LogP) is -0.174. The minimum Gasteiger partial charge on any atom is -0.265 e. The molecule has 0 radical (unpaired) electrons. The highest BCUT2D eigenvalue weighted by molar-refractivity contribution is 6.71. The molecule has 0 N–H and O–H groups in total. The molecule has 2 aliphatic heterocycles. The second kappa shape index (κ2) is 1.91. The van der Waals surface area contributed by atoms with Crippen LogP contribution < -0.4 is 0 Å². The Bertz CT molecular complexity index is 348. The Morgan fingerprint density at radius 3 is 3.00 bits per heavy atom. The van der Waals surface area contributed by atoms with Crippen LogP contribution in [-0.4, -0.2) is 29.6 Å². The molecule has 2 rings (SSSR count). The molecule has 2 heterocycles. The van der Waals surface area contributed by atoms with Crippen molar-refractivity contribution in [2.75, 3.05) is 0 Å². The van der Waals surface area contributed by atoms with E-state index in [-0.39, 0.29) is 11.6 Å². The highest BCUT2D eigenvalue weighted by atomic mass is 16.1. The minimum absolute atomic E-state index is 0.246. The zero-order valence-electron chi connectivity index (χ0n) is 5.77. The number of nitrogens with zero attached hydrogens (tertiary/aromatic N) is 4. The predicted molar refractivity (Wildman–Crippen MR) is 41.5 cm³/mol. The van der Waals surface area contributed by atoms with Gasteiger partial charge in [-0.25, -0.2) is 15.0 Å². The van der Waals surface area contributed by atoms with Gasteiger partial charge in [0.15, 0.2) is 11.5 Å². The normalized spacial score (nSPS) is 20.8. The van der Waals surface area contributed by atoms with Crippen molar-refractivity contribution in [2.45, 2.75) is 6.92 Å². The molecule has 0 aromatic heterocycles. The average molecular weight is 148 g/mol.